The zero-order chi connectivity index (χ0) is 51.6. The predicted molar refractivity (Wildman–Crippen MR) is 259 cm³/mol. The summed E-state index contributed by atoms with van der Waals surface area (Å²) in [6.45, 7) is 25.3. The van der Waals surface area contributed by atoms with E-state index in [1.54, 1.807) is 21.3 Å². The summed E-state index contributed by atoms with van der Waals surface area (Å²) >= 11 is 0. The minimum absolute atomic E-state index is 0. The van der Waals surface area contributed by atoms with E-state index < -0.39 is 6.10 Å². The van der Waals surface area contributed by atoms with E-state index in [0.29, 0.717) is 63.5 Å². The molecule has 4 rings (SSSR count). The van der Waals surface area contributed by atoms with Crippen molar-refractivity contribution in [3.63, 3.8) is 0 Å². The van der Waals surface area contributed by atoms with Crippen molar-refractivity contribution in [2.75, 3.05) is 109 Å². The Bertz CT molecular complexity index is 627. The summed E-state index contributed by atoms with van der Waals surface area (Å²) in [6.07, 6.45) is 10.4. The van der Waals surface area contributed by atoms with Crippen LogP contribution in [0.2, 0.25) is 0 Å². The molecule has 19 heteroatoms. The summed E-state index contributed by atoms with van der Waals surface area (Å²) in [5.74, 6) is 0. The standard InChI is InChI=1S/C8H18O3.3C5H12O2.C4H10O2.4C4H8O.3CH4O.H2O/c1-3-7(9)5-11-6-8(10)4-2;1-3-5(6)4-7-2;2*1-3-5(4-6)7-2;1-2-4(6)3-5;4*1-2-4-3-5-4;3*1-2;/h7-10H,3-6H2,1-2H3;3*5-6H,3-4H2,1-2H3;4-6H,2-3H2,1H3;4*4H,2-3H2,1H3;3*2H,1H3;1H2. The van der Waals surface area contributed by atoms with Gasteiger partial charge in [0.2, 0.25) is 0 Å². The maximum Gasteiger partial charge on any atom is 0.0807 e. The summed E-state index contributed by atoms with van der Waals surface area (Å²) in [7, 11) is 7.79. The smallest absolute Gasteiger partial charge is 0.0807 e. The van der Waals surface area contributed by atoms with Gasteiger partial charge in [-0.05, 0) is 64.2 Å². The van der Waals surface area contributed by atoms with Crippen LogP contribution in [0.5, 0.6) is 0 Å². The maximum absolute atomic E-state index is 9.04. The molecule has 0 aromatic heterocycles. The van der Waals surface area contributed by atoms with Crippen LogP contribution in [0.3, 0.4) is 0 Å². The molecule has 0 spiro atoms. The molecule has 10 unspecified atom stereocenters. The van der Waals surface area contributed by atoms with E-state index >= 15 is 0 Å². The van der Waals surface area contributed by atoms with Gasteiger partial charge in [0.1, 0.15) is 0 Å². The van der Waals surface area contributed by atoms with Crippen LogP contribution in [-0.4, -0.2) is 226 Å². The fourth-order valence-electron chi connectivity index (χ4n) is 2.97. The van der Waals surface area contributed by atoms with Crippen LogP contribution >= 0.6 is 0 Å². The van der Waals surface area contributed by atoms with Crippen molar-refractivity contribution in [1.29, 1.82) is 0 Å². The van der Waals surface area contributed by atoms with Crippen molar-refractivity contribution in [3.05, 3.63) is 0 Å². The van der Waals surface area contributed by atoms with Crippen molar-refractivity contribution in [2.45, 2.75) is 194 Å². The van der Waals surface area contributed by atoms with Gasteiger partial charge in [-0.25, -0.2) is 0 Å². The normalized spacial score (nSPS) is 19.5. The first-order chi connectivity index (χ1) is 30.7. The minimum Gasteiger partial charge on any atom is -0.412 e. The van der Waals surface area contributed by atoms with Gasteiger partial charge in [-0.15, -0.1) is 0 Å². The van der Waals surface area contributed by atoms with E-state index in [4.69, 9.17) is 84.2 Å². The lowest BCUT2D eigenvalue weighted by molar-refractivity contribution is -0.00899. The van der Waals surface area contributed by atoms with Crippen molar-refractivity contribution in [3.8, 4) is 0 Å². The molecule has 0 bridgehead atoms. The van der Waals surface area contributed by atoms with Crippen molar-refractivity contribution in [2.24, 2.45) is 0 Å². The Morgan fingerprint density at radius 1 is 0.400 bits per heavy atom. The lowest BCUT2D eigenvalue weighted by atomic mass is 10.3. The first-order valence-electron chi connectivity index (χ1n) is 23.2. The number of aliphatic hydroxyl groups excluding tert-OH is 10. The Hall–Kier alpha value is -0.760. The highest BCUT2D eigenvalue weighted by molar-refractivity contribution is 4.66. The third-order valence-electron chi connectivity index (χ3n) is 8.49. The molecule has 65 heavy (non-hydrogen) atoms. The highest BCUT2D eigenvalue weighted by atomic mass is 16.6. The van der Waals surface area contributed by atoms with Crippen LogP contribution in [0, 0.1) is 0 Å². The van der Waals surface area contributed by atoms with E-state index in [1.165, 1.54) is 25.7 Å². The van der Waals surface area contributed by atoms with Crippen LogP contribution in [0.25, 0.3) is 0 Å². The van der Waals surface area contributed by atoms with E-state index in [2.05, 4.69) is 32.4 Å². The average molecular weight is 967 g/mol. The Balaban J connectivity index is -0.0000000769. The summed E-state index contributed by atoms with van der Waals surface area (Å²) < 4.78 is 38.7. The minimum atomic E-state index is -0.509. The molecule has 4 aliphatic rings. The predicted octanol–water partition coefficient (Wildman–Crippen LogP) is 2.69. The largest absolute Gasteiger partial charge is 0.412 e. The topological polar surface area (TPSA) is 321 Å². The van der Waals surface area contributed by atoms with Gasteiger partial charge < -0.3 is 94.4 Å². The molecule has 0 aromatic rings. The Morgan fingerprint density at radius 2 is 0.631 bits per heavy atom. The molecule has 408 valence electrons. The molecule has 4 saturated heterocycles. The van der Waals surface area contributed by atoms with E-state index in [-0.39, 0.29) is 55.8 Å². The number of ether oxygens (including phenoxy) is 8. The van der Waals surface area contributed by atoms with Gasteiger partial charge in [0, 0.05) is 42.7 Å². The van der Waals surface area contributed by atoms with Crippen molar-refractivity contribution < 1.29 is 94.4 Å². The van der Waals surface area contributed by atoms with Crippen LogP contribution in [0.1, 0.15) is 133 Å². The molecular weight excluding hydrogens is 856 g/mol. The molecule has 4 aliphatic heterocycles. The first kappa shape index (κ1) is 84.2. The maximum atomic E-state index is 9.04. The molecule has 0 aliphatic carbocycles. The van der Waals surface area contributed by atoms with Gasteiger partial charge >= 0.3 is 0 Å². The SMILES string of the molecule is CCC(CO)OC.CCC(CO)OC.CCC(O)CO.CCC(O)COC.CCC(O)COCC(O)CC.CCC1CO1.CCC1CO1.CCC1CO1.CCC1CO1.CO.CO.CO.O. The van der Waals surface area contributed by atoms with Crippen molar-refractivity contribution in [1.82, 2.24) is 0 Å². The van der Waals surface area contributed by atoms with Gasteiger partial charge in [0.15, 0.2) is 0 Å². The van der Waals surface area contributed by atoms with Crippen LogP contribution in [0.15, 0.2) is 0 Å². The van der Waals surface area contributed by atoms with Crippen molar-refractivity contribution >= 4 is 0 Å². The third-order valence-corrected chi connectivity index (χ3v) is 8.49. The summed E-state index contributed by atoms with van der Waals surface area (Å²) in [5, 5.41) is 81.1. The molecule has 4 heterocycles. The fraction of sp³-hybridized carbons (Fsp3) is 1.00. The van der Waals surface area contributed by atoms with Crippen LogP contribution in [0.4, 0.5) is 0 Å². The molecule has 12 N–H and O–H groups in total. The highest BCUT2D eigenvalue weighted by Gasteiger charge is 2.19. The second-order valence-corrected chi connectivity index (χ2v) is 13.8. The number of aliphatic hydroxyl groups is 10. The van der Waals surface area contributed by atoms with Crippen LogP contribution < -0.4 is 0 Å². The molecular formula is C46H110O19. The Morgan fingerprint density at radius 3 is 0.692 bits per heavy atom. The zero-order valence-corrected chi connectivity index (χ0v) is 44.2. The van der Waals surface area contributed by atoms with Crippen LogP contribution in [-0.2, 0) is 37.9 Å². The molecule has 0 radical (unpaired) electrons. The summed E-state index contributed by atoms with van der Waals surface area (Å²) in [5.41, 5.74) is 0. The summed E-state index contributed by atoms with van der Waals surface area (Å²) in [6, 6.07) is 0. The number of hydrogen-bond donors (Lipinski definition) is 10. The number of epoxide rings is 4. The Kier molecular flexibility index (Phi) is 96.9. The van der Waals surface area contributed by atoms with E-state index in [0.717, 1.165) is 67.0 Å². The van der Waals surface area contributed by atoms with Gasteiger partial charge in [-0.1, -0.05) is 69.2 Å². The Labute approximate surface area is 397 Å². The van der Waals surface area contributed by atoms with Gasteiger partial charge in [0.25, 0.3) is 0 Å². The second-order valence-electron chi connectivity index (χ2n) is 13.8. The fourth-order valence-corrected chi connectivity index (χ4v) is 2.97. The number of rotatable bonds is 21. The lowest BCUT2D eigenvalue weighted by Crippen LogP contribution is -2.20. The monoisotopic (exact) mass is 967 g/mol. The highest BCUT2D eigenvalue weighted by Crippen LogP contribution is 2.12. The first-order valence-corrected chi connectivity index (χ1v) is 23.2. The molecule has 10 atom stereocenters. The lowest BCUT2D eigenvalue weighted by Gasteiger charge is -2.11. The van der Waals surface area contributed by atoms with E-state index in [1.807, 2.05) is 41.5 Å². The zero-order valence-electron chi connectivity index (χ0n) is 44.2. The molecule has 0 aromatic carbocycles. The molecule has 0 amide bonds. The van der Waals surface area contributed by atoms with Gasteiger partial charge in [-0.3, -0.25) is 0 Å². The second kappa shape index (κ2) is 74.8. The molecule has 4 fully saturated rings. The molecule has 0 saturated carbocycles. The average Bonchev–Trinajstić information content (AvgIpc) is 4.15. The van der Waals surface area contributed by atoms with Gasteiger partial charge in [-0.2, -0.15) is 0 Å². The third kappa shape index (κ3) is 94.0. The summed E-state index contributed by atoms with van der Waals surface area (Å²) in [4.78, 5) is 0. The number of methoxy groups -OCH3 is 3. The van der Waals surface area contributed by atoms with E-state index in [9.17, 15) is 0 Å². The number of hydrogen-bond acceptors (Lipinski definition) is 18. The van der Waals surface area contributed by atoms with Gasteiger partial charge in [0.05, 0.1) is 127 Å². The quantitative estimate of drug-likeness (QED) is 0.0739. The molecule has 19 nitrogen and oxygen atoms in total.